The van der Waals surface area contributed by atoms with Gasteiger partial charge in [0.15, 0.2) is 0 Å². The molecule has 1 saturated heterocycles. The number of hydrogen-bond acceptors (Lipinski definition) is 5. The van der Waals surface area contributed by atoms with Gasteiger partial charge in [0.05, 0.1) is 11.4 Å². The van der Waals surface area contributed by atoms with Crippen molar-refractivity contribution >= 4 is 16.1 Å². The predicted octanol–water partition coefficient (Wildman–Crippen LogP) is 3.29. The normalized spacial score (nSPS) is 17.6. The number of nitrogens with zero attached hydrogens (tertiary/aromatic N) is 1. The number of amides is 2. The molecule has 0 bridgehead atoms. The molecular formula is C20H32N2O5S. The van der Waals surface area contributed by atoms with Gasteiger partial charge < -0.3 is 19.1 Å². The molecule has 1 fully saturated rings. The maximum absolute atomic E-state index is 12.7. The van der Waals surface area contributed by atoms with Crippen LogP contribution in [0.25, 0.3) is 0 Å². The molecule has 1 unspecified atom stereocenters. The van der Waals surface area contributed by atoms with Crippen LogP contribution >= 0.6 is 0 Å². The van der Waals surface area contributed by atoms with Crippen molar-refractivity contribution in [2.24, 2.45) is 0 Å². The Labute approximate surface area is 168 Å². The molecule has 2 rings (SSSR count). The molecule has 2 amide bonds. The molecule has 28 heavy (non-hydrogen) atoms. The molecule has 0 spiro atoms. The highest BCUT2D eigenvalue weighted by atomic mass is 32.2. The Morgan fingerprint density at radius 2 is 1.93 bits per heavy atom. The predicted molar refractivity (Wildman–Crippen MR) is 109 cm³/mol. The van der Waals surface area contributed by atoms with Gasteiger partial charge >= 0.3 is 16.1 Å². The molecule has 1 heterocycles. The van der Waals surface area contributed by atoms with Crippen LogP contribution in [0.3, 0.4) is 0 Å². The molecule has 0 radical (unpaired) electrons. The van der Waals surface area contributed by atoms with E-state index in [2.05, 4.69) is 5.32 Å². The SMILES string of the molecule is CC(C)S(=O)(=O)Oc1ccc(CN(CC2CCCO2)C(=O)NC(C)(C)C)cc1. The third-order valence-electron chi connectivity index (χ3n) is 4.30. The largest absolute Gasteiger partial charge is 0.382 e. The highest BCUT2D eigenvalue weighted by molar-refractivity contribution is 7.87. The minimum absolute atomic E-state index is 0.0458. The molecule has 1 aliphatic heterocycles. The Morgan fingerprint density at radius 3 is 2.43 bits per heavy atom. The lowest BCUT2D eigenvalue weighted by Crippen LogP contribution is -2.50. The van der Waals surface area contributed by atoms with Crippen molar-refractivity contribution in [1.29, 1.82) is 0 Å². The fourth-order valence-corrected chi connectivity index (χ4v) is 3.33. The van der Waals surface area contributed by atoms with Crippen molar-refractivity contribution in [2.75, 3.05) is 13.2 Å². The van der Waals surface area contributed by atoms with E-state index >= 15 is 0 Å². The molecule has 1 atom stereocenters. The number of rotatable bonds is 7. The maximum Gasteiger partial charge on any atom is 0.318 e. The van der Waals surface area contributed by atoms with Gasteiger partial charge in [-0.1, -0.05) is 12.1 Å². The first-order chi connectivity index (χ1) is 13.0. The number of nitrogens with one attached hydrogen (secondary N) is 1. The van der Waals surface area contributed by atoms with Gasteiger partial charge in [0.1, 0.15) is 5.75 Å². The molecule has 1 aromatic carbocycles. The fourth-order valence-electron chi connectivity index (χ4n) is 2.75. The van der Waals surface area contributed by atoms with Gasteiger partial charge in [-0.15, -0.1) is 0 Å². The van der Waals surface area contributed by atoms with E-state index in [4.69, 9.17) is 8.92 Å². The van der Waals surface area contributed by atoms with Gasteiger partial charge in [-0.25, -0.2) is 4.79 Å². The summed E-state index contributed by atoms with van der Waals surface area (Å²) in [5.74, 6) is 0.266. The summed E-state index contributed by atoms with van der Waals surface area (Å²) in [7, 11) is -3.63. The molecule has 1 aliphatic rings. The zero-order chi connectivity index (χ0) is 20.9. The lowest BCUT2D eigenvalue weighted by atomic mass is 10.1. The van der Waals surface area contributed by atoms with E-state index in [0.717, 1.165) is 25.0 Å². The highest BCUT2D eigenvalue weighted by Crippen LogP contribution is 2.19. The zero-order valence-corrected chi connectivity index (χ0v) is 18.2. The number of carbonyl (C=O) groups is 1. The molecule has 7 nitrogen and oxygen atoms in total. The van der Waals surface area contributed by atoms with Crippen LogP contribution in [0.2, 0.25) is 0 Å². The van der Waals surface area contributed by atoms with Crippen molar-refractivity contribution in [1.82, 2.24) is 10.2 Å². The molecule has 0 aliphatic carbocycles. The first-order valence-electron chi connectivity index (χ1n) is 9.67. The van der Waals surface area contributed by atoms with E-state index in [1.165, 1.54) is 0 Å². The first-order valence-corrected chi connectivity index (χ1v) is 11.1. The monoisotopic (exact) mass is 412 g/mol. The summed E-state index contributed by atoms with van der Waals surface area (Å²) in [5.41, 5.74) is 0.547. The van der Waals surface area contributed by atoms with E-state index in [9.17, 15) is 13.2 Å². The summed E-state index contributed by atoms with van der Waals surface area (Å²) in [5, 5.41) is 2.38. The summed E-state index contributed by atoms with van der Waals surface area (Å²) in [6.07, 6.45) is 2.00. The number of hydrogen-bond donors (Lipinski definition) is 1. The quantitative estimate of drug-likeness (QED) is 0.695. The Hall–Kier alpha value is -1.80. The second-order valence-corrected chi connectivity index (χ2v) is 10.6. The topological polar surface area (TPSA) is 84.9 Å². The van der Waals surface area contributed by atoms with Crippen LogP contribution in [-0.2, 0) is 21.4 Å². The minimum atomic E-state index is -3.63. The Bertz CT molecular complexity index is 748. The van der Waals surface area contributed by atoms with Gasteiger partial charge in [-0.2, -0.15) is 8.42 Å². The van der Waals surface area contributed by atoms with Crippen LogP contribution in [-0.4, -0.2) is 49.4 Å². The van der Waals surface area contributed by atoms with E-state index in [1.54, 1.807) is 43.0 Å². The van der Waals surface area contributed by atoms with Crippen molar-refractivity contribution in [3.8, 4) is 5.75 Å². The standard InChI is InChI=1S/C20H32N2O5S/c1-15(2)28(24,25)27-17-10-8-16(9-11-17)13-22(14-18-7-6-12-26-18)19(23)21-20(3,4)5/h8-11,15,18H,6-7,12-14H2,1-5H3,(H,21,23). The summed E-state index contributed by atoms with van der Waals surface area (Å²) < 4.78 is 34.6. The lowest BCUT2D eigenvalue weighted by molar-refractivity contribution is 0.0782. The maximum atomic E-state index is 12.7. The molecule has 0 aromatic heterocycles. The third kappa shape index (κ3) is 6.98. The van der Waals surface area contributed by atoms with E-state index in [1.807, 2.05) is 20.8 Å². The molecule has 0 saturated carbocycles. The van der Waals surface area contributed by atoms with Crippen molar-refractivity contribution in [3.63, 3.8) is 0 Å². The Kier molecular flexibility index (Phi) is 7.33. The van der Waals surface area contributed by atoms with Crippen molar-refractivity contribution in [2.45, 2.75) is 70.9 Å². The second-order valence-electron chi connectivity index (χ2n) is 8.46. The molecular weight excluding hydrogens is 380 g/mol. The van der Waals surface area contributed by atoms with Crippen LogP contribution in [0.15, 0.2) is 24.3 Å². The fraction of sp³-hybridized carbons (Fsp3) is 0.650. The van der Waals surface area contributed by atoms with Crippen molar-refractivity contribution in [3.05, 3.63) is 29.8 Å². The van der Waals surface area contributed by atoms with E-state index in [0.29, 0.717) is 13.1 Å². The summed E-state index contributed by atoms with van der Waals surface area (Å²) in [6.45, 7) is 10.6. The highest BCUT2D eigenvalue weighted by Gasteiger charge is 2.25. The van der Waals surface area contributed by atoms with Gasteiger partial charge in [0.25, 0.3) is 0 Å². The number of urea groups is 1. The van der Waals surface area contributed by atoms with Gasteiger partial charge in [-0.3, -0.25) is 0 Å². The second kappa shape index (κ2) is 9.13. The molecule has 1 N–H and O–H groups in total. The smallest absolute Gasteiger partial charge is 0.318 e. The first kappa shape index (κ1) is 22.5. The number of ether oxygens (including phenoxy) is 1. The Morgan fingerprint density at radius 1 is 1.29 bits per heavy atom. The van der Waals surface area contributed by atoms with Gasteiger partial charge in [-0.05, 0) is 65.2 Å². The molecule has 158 valence electrons. The van der Waals surface area contributed by atoms with E-state index < -0.39 is 15.4 Å². The number of benzene rings is 1. The summed E-state index contributed by atoms with van der Waals surface area (Å²) >= 11 is 0. The van der Waals surface area contributed by atoms with Crippen molar-refractivity contribution < 1.29 is 22.1 Å². The molecule has 1 aromatic rings. The van der Waals surface area contributed by atoms with Crippen LogP contribution in [0.1, 0.15) is 53.0 Å². The lowest BCUT2D eigenvalue weighted by Gasteiger charge is -2.30. The van der Waals surface area contributed by atoms with Gasteiger partial charge in [0, 0.05) is 25.2 Å². The molecule has 8 heteroatoms. The van der Waals surface area contributed by atoms with Crippen LogP contribution in [0.4, 0.5) is 4.79 Å². The number of carbonyl (C=O) groups excluding carboxylic acids is 1. The third-order valence-corrected chi connectivity index (χ3v) is 5.88. The zero-order valence-electron chi connectivity index (χ0n) is 17.4. The minimum Gasteiger partial charge on any atom is -0.382 e. The van der Waals surface area contributed by atoms with Crippen LogP contribution in [0, 0.1) is 0 Å². The van der Waals surface area contributed by atoms with Crippen LogP contribution < -0.4 is 9.50 Å². The Balaban J connectivity index is 2.08. The van der Waals surface area contributed by atoms with Crippen LogP contribution in [0.5, 0.6) is 5.75 Å². The van der Waals surface area contributed by atoms with Gasteiger partial charge in [0.2, 0.25) is 0 Å². The average molecular weight is 413 g/mol. The average Bonchev–Trinajstić information content (AvgIpc) is 3.07. The van der Waals surface area contributed by atoms with E-state index in [-0.39, 0.29) is 23.4 Å². The summed E-state index contributed by atoms with van der Waals surface area (Å²) in [4.78, 5) is 14.5. The summed E-state index contributed by atoms with van der Waals surface area (Å²) in [6, 6.07) is 6.63.